The van der Waals surface area contributed by atoms with Crippen LogP contribution < -0.4 is 20.7 Å². The molecule has 200 valence electrons. The van der Waals surface area contributed by atoms with Gasteiger partial charge < -0.3 is 19.8 Å². The Kier molecular flexibility index (Phi) is 7.13. The number of carbonyl (C=O) groups excluding carboxylic acids is 1. The Bertz CT molecular complexity index is 1630. The van der Waals surface area contributed by atoms with E-state index in [0.29, 0.717) is 34.2 Å². The summed E-state index contributed by atoms with van der Waals surface area (Å²) in [5.41, 5.74) is 2.76. The van der Waals surface area contributed by atoms with Crippen LogP contribution in [-0.2, 0) is 0 Å². The molecule has 0 radical (unpaired) electrons. The number of nitrogens with zero attached hydrogens (tertiary/aromatic N) is 4. The van der Waals surface area contributed by atoms with Crippen molar-refractivity contribution in [1.29, 1.82) is 0 Å². The Balaban J connectivity index is 1.31. The fourth-order valence-corrected chi connectivity index (χ4v) is 3.86. The number of aromatic nitrogens is 4. The average Bonchev–Trinajstić information content (AvgIpc) is 3.52. The van der Waals surface area contributed by atoms with Crippen molar-refractivity contribution in [2.45, 2.75) is 39.7 Å². The molecule has 0 aliphatic rings. The lowest BCUT2D eigenvalue weighted by atomic mass is 10.1. The molecule has 3 aromatic heterocycles. The smallest absolute Gasteiger partial charge is 0.324 e. The number of anilines is 3. The molecule has 39 heavy (non-hydrogen) atoms. The molecular formula is C28H28FN7O3. The number of amides is 2. The Labute approximate surface area is 224 Å². The standard InChI is InChI=1S/C28H28FN7O3/c1-16(2)23-14-27(36(35-23)18-5-8-25-24(11-18)31-15-38-25)34-28(37)33-22-7-6-19(12-21(22)29)39-20-9-10-30-26(13-20)32-17(3)4/h5-17H,1-4H3,(H,30,32)(H2,33,34,37). The van der Waals surface area contributed by atoms with Crippen molar-refractivity contribution in [1.82, 2.24) is 19.7 Å². The number of halogens is 1. The molecule has 0 aliphatic carbocycles. The highest BCUT2D eigenvalue weighted by Gasteiger charge is 2.17. The summed E-state index contributed by atoms with van der Waals surface area (Å²) in [5, 5.41) is 13.2. The zero-order chi connectivity index (χ0) is 27.5. The van der Waals surface area contributed by atoms with Crippen molar-refractivity contribution >= 4 is 34.5 Å². The number of pyridine rings is 1. The van der Waals surface area contributed by atoms with Gasteiger partial charge in [-0.2, -0.15) is 5.10 Å². The van der Waals surface area contributed by atoms with Crippen molar-refractivity contribution in [2.24, 2.45) is 0 Å². The molecule has 0 saturated carbocycles. The maximum absolute atomic E-state index is 14.9. The number of hydrogen-bond acceptors (Lipinski definition) is 7. The first-order valence-electron chi connectivity index (χ1n) is 12.5. The van der Waals surface area contributed by atoms with E-state index in [-0.39, 0.29) is 23.4 Å². The summed E-state index contributed by atoms with van der Waals surface area (Å²) >= 11 is 0. The quantitative estimate of drug-likeness (QED) is 0.199. The molecule has 0 atom stereocenters. The minimum absolute atomic E-state index is 0.00379. The second kappa shape index (κ2) is 10.8. The summed E-state index contributed by atoms with van der Waals surface area (Å²) in [6, 6.07) is 14.4. The summed E-state index contributed by atoms with van der Waals surface area (Å²) < 4.78 is 27.6. The molecule has 11 heteroatoms. The molecule has 0 bridgehead atoms. The van der Waals surface area contributed by atoms with Gasteiger partial charge in [0.15, 0.2) is 12.0 Å². The van der Waals surface area contributed by atoms with E-state index in [2.05, 4.69) is 31.0 Å². The van der Waals surface area contributed by atoms with Crippen molar-refractivity contribution in [3.8, 4) is 17.2 Å². The molecular weight excluding hydrogens is 501 g/mol. The van der Waals surface area contributed by atoms with E-state index < -0.39 is 11.8 Å². The molecule has 0 unspecified atom stereocenters. The number of urea groups is 1. The zero-order valence-electron chi connectivity index (χ0n) is 21.9. The number of rotatable bonds is 8. The van der Waals surface area contributed by atoms with Crippen LogP contribution in [0.15, 0.2) is 71.6 Å². The molecule has 3 N–H and O–H groups in total. The molecule has 5 rings (SSSR count). The van der Waals surface area contributed by atoms with Gasteiger partial charge >= 0.3 is 6.03 Å². The van der Waals surface area contributed by atoms with Gasteiger partial charge in [0.25, 0.3) is 0 Å². The molecule has 0 fully saturated rings. The third kappa shape index (κ3) is 5.98. The molecule has 0 saturated heterocycles. The summed E-state index contributed by atoms with van der Waals surface area (Å²) in [6.07, 6.45) is 2.97. The lowest BCUT2D eigenvalue weighted by Crippen LogP contribution is -2.22. The normalized spacial score (nSPS) is 11.3. The zero-order valence-corrected chi connectivity index (χ0v) is 21.9. The number of hydrogen-bond donors (Lipinski definition) is 3. The van der Waals surface area contributed by atoms with Crippen LogP contribution in [-0.4, -0.2) is 31.8 Å². The van der Waals surface area contributed by atoms with Crippen molar-refractivity contribution in [2.75, 3.05) is 16.0 Å². The van der Waals surface area contributed by atoms with Gasteiger partial charge in [-0.25, -0.2) is 23.8 Å². The van der Waals surface area contributed by atoms with Crippen LogP contribution >= 0.6 is 0 Å². The Morgan fingerprint density at radius 2 is 1.79 bits per heavy atom. The summed E-state index contributed by atoms with van der Waals surface area (Å²) in [5.74, 6) is 1.33. The van der Waals surface area contributed by atoms with E-state index in [9.17, 15) is 9.18 Å². The van der Waals surface area contributed by atoms with Gasteiger partial charge in [-0.15, -0.1) is 0 Å². The van der Waals surface area contributed by atoms with Gasteiger partial charge in [0, 0.05) is 30.4 Å². The first-order chi connectivity index (χ1) is 18.7. The molecule has 10 nitrogen and oxygen atoms in total. The molecule has 2 aromatic carbocycles. The molecule has 0 spiro atoms. The minimum atomic E-state index is -0.648. The topological polar surface area (TPSA) is 119 Å². The van der Waals surface area contributed by atoms with Crippen LogP contribution in [0.1, 0.15) is 39.3 Å². The number of fused-ring (bicyclic) bond motifs is 1. The average molecular weight is 530 g/mol. The summed E-state index contributed by atoms with van der Waals surface area (Å²) in [4.78, 5) is 21.3. The predicted octanol–water partition coefficient (Wildman–Crippen LogP) is 6.93. The largest absolute Gasteiger partial charge is 0.457 e. The van der Waals surface area contributed by atoms with Crippen LogP contribution in [0.4, 0.5) is 26.5 Å². The van der Waals surface area contributed by atoms with Crippen molar-refractivity contribution in [3.63, 3.8) is 0 Å². The van der Waals surface area contributed by atoms with E-state index in [0.717, 1.165) is 5.69 Å². The lowest BCUT2D eigenvalue weighted by molar-refractivity contribution is 0.262. The maximum Gasteiger partial charge on any atom is 0.324 e. The second-order valence-corrected chi connectivity index (χ2v) is 9.52. The van der Waals surface area contributed by atoms with Gasteiger partial charge in [-0.05, 0) is 56.2 Å². The highest BCUT2D eigenvalue weighted by molar-refractivity contribution is 5.99. The van der Waals surface area contributed by atoms with Gasteiger partial charge in [-0.1, -0.05) is 13.8 Å². The fourth-order valence-electron chi connectivity index (χ4n) is 3.86. The van der Waals surface area contributed by atoms with Gasteiger partial charge in [0.1, 0.15) is 34.5 Å². The van der Waals surface area contributed by atoms with Gasteiger partial charge in [-0.3, -0.25) is 5.32 Å². The van der Waals surface area contributed by atoms with Crippen LogP contribution in [0, 0.1) is 5.82 Å². The minimum Gasteiger partial charge on any atom is -0.457 e. The van der Waals surface area contributed by atoms with E-state index in [4.69, 9.17) is 9.15 Å². The number of carbonyl (C=O) groups is 1. The third-order valence-corrected chi connectivity index (χ3v) is 5.71. The van der Waals surface area contributed by atoms with Crippen LogP contribution in [0.2, 0.25) is 0 Å². The Hall–Kier alpha value is -4.93. The second-order valence-electron chi connectivity index (χ2n) is 9.52. The number of oxazole rings is 1. The Morgan fingerprint density at radius 1 is 0.974 bits per heavy atom. The number of ether oxygens (including phenoxy) is 1. The molecule has 5 aromatic rings. The molecule has 2 amide bonds. The molecule has 3 heterocycles. The van der Waals surface area contributed by atoms with Gasteiger partial charge in [0.05, 0.1) is 17.1 Å². The highest BCUT2D eigenvalue weighted by atomic mass is 19.1. The number of nitrogens with one attached hydrogen (secondary N) is 3. The van der Waals surface area contributed by atoms with Crippen molar-refractivity contribution < 1.29 is 18.3 Å². The first kappa shape index (κ1) is 25.7. The monoisotopic (exact) mass is 529 g/mol. The van der Waals surface area contributed by atoms with E-state index >= 15 is 0 Å². The van der Waals surface area contributed by atoms with Gasteiger partial charge in [0.2, 0.25) is 0 Å². The van der Waals surface area contributed by atoms with Crippen molar-refractivity contribution in [3.05, 3.63) is 78.7 Å². The lowest BCUT2D eigenvalue weighted by Gasteiger charge is -2.13. The summed E-state index contributed by atoms with van der Waals surface area (Å²) in [7, 11) is 0. The number of benzene rings is 2. The predicted molar refractivity (Wildman–Crippen MR) is 147 cm³/mol. The Morgan fingerprint density at radius 3 is 2.56 bits per heavy atom. The SMILES string of the molecule is CC(C)Nc1cc(Oc2ccc(NC(=O)Nc3cc(C(C)C)nn3-c3ccc4ocnc4c3)c(F)c2)ccn1. The fraction of sp³-hybridized carbons (Fsp3) is 0.214. The third-order valence-electron chi connectivity index (χ3n) is 5.71. The first-order valence-corrected chi connectivity index (χ1v) is 12.5. The van der Waals surface area contributed by atoms with Crippen LogP contribution in [0.5, 0.6) is 11.5 Å². The van der Waals surface area contributed by atoms with E-state index in [1.165, 1.54) is 18.5 Å². The molecule has 0 aliphatic heterocycles. The summed E-state index contributed by atoms with van der Waals surface area (Å²) in [6.45, 7) is 8.01. The highest BCUT2D eigenvalue weighted by Crippen LogP contribution is 2.28. The van der Waals surface area contributed by atoms with Crippen LogP contribution in [0.3, 0.4) is 0 Å². The van der Waals surface area contributed by atoms with E-state index in [1.807, 2.05) is 39.8 Å². The maximum atomic E-state index is 14.9. The van der Waals surface area contributed by atoms with E-state index in [1.54, 1.807) is 41.2 Å². The van der Waals surface area contributed by atoms with Crippen LogP contribution in [0.25, 0.3) is 16.8 Å².